The highest BCUT2D eigenvalue weighted by molar-refractivity contribution is 6.39. The third-order valence-electron chi connectivity index (χ3n) is 2.60. The van der Waals surface area contributed by atoms with Crippen LogP contribution in [-0.4, -0.2) is 31.6 Å². The van der Waals surface area contributed by atoms with Crippen LogP contribution in [-0.2, 0) is 14.3 Å². The Morgan fingerprint density at radius 1 is 1.30 bits per heavy atom. The van der Waals surface area contributed by atoms with Gasteiger partial charge in [0.15, 0.2) is 0 Å². The van der Waals surface area contributed by atoms with E-state index in [0.29, 0.717) is 37.4 Å². The molecule has 0 unspecified atom stereocenters. The van der Waals surface area contributed by atoms with Crippen LogP contribution in [0.2, 0.25) is 0 Å². The molecule has 0 bridgehead atoms. The predicted octanol–water partition coefficient (Wildman–Crippen LogP) is 1.62. The van der Waals surface area contributed by atoms with Crippen LogP contribution in [0.4, 0.5) is 10.1 Å². The van der Waals surface area contributed by atoms with Gasteiger partial charge in [0, 0.05) is 25.4 Å². The summed E-state index contributed by atoms with van der Waals surface area (Å²) in [6.07, 6.45) is 0.641. The van der Waals surface area contributed by atoms with Crippen molar-refractivity contribution >= 4 is 17.5 Å². The van der Waals surface area contributed by atoms with Crippen molar-refractivity contribution in [1.29, 1.82) is 0 Å². The van der Waals surface area contributed by atoms with Crippen molar-refractivity contribution < 1.29 is 18.7 Å². The minimum absolute atomic E-state index is 0.370. The van der Waals surface area contributed by atoms with Crippen molar-refractivity contribution in [3.8, 4) is 0 Å². The summed E-state index contributed by atoms with van der Waals surface area (Å²) in [4.78, 5) is 23.1. The number of rotatable bonds is 6. The van der Waals surface area contributed by atoms with Gasteiger partial charge in [-0.15, -0.1) is 0 Å². The summed E-state index contributed by atoms with van der Waals surface area (Å²) in [5.74, 6) is -1.87. The van der Waals surface area contributed by atoms with Gasteiger partial charge in [0.2, 0.25) is 0 Å². The molecule has 0 atom stereocenters. The van der Waals surface area contributed by atoms with E-state index in [1.54, 1.807) is 6.92 Å². The first-order chi connectivity index (χ1) is 9.54. The van der Waals surface area contributed by atoms with E-state index in [4.69, 9.17) is 4.74 Å². The Bertz CT molecular complexity index is 477. The number of nitrogens with one attached hydrogen (secondary N) is 2. The fourth-order valence-corrected chi connectivity index (χ4v) is 1.55. The maximum Gasteiger partial charge on any atom is 0.313 e. The van der Waals surface area contributed by atoms with E-state index in [2.05, 4.69) is 10.6 Å². The van der Waals surface area contributed by atoms with E-state index in [-0.39, 0.29) is 5.82 Å². The number of hydrogen-bond donors (Lipinski definition) is 2. The van der Waals surface area contributed by atoms with Gasteiger partial charge in [-0.05, 0) is 44.0 Å². The highest BCUT2D eigenvalue weighted by Gasteiger charge is 2.14. The predicted molar refractivity (Wildman–Crippen MR) is 73.9 cm³/mol. The standard InChI is InChI=1S/C14H19FN2O3/c1-3-20-8-4-7-16-13(18)14(19)17-12-6-5-11(15)9-10(12)2/h5-6,9H,3-4,7-8H2,1-2H3,(H,16,18)(H,17,19). The molecule has 0 fully saturated rings. The van der Waals surface area contributed by atoms with Crippen LogP contribution in [0.1, 0.15) is 18.9 Å². The van der Waals surface area contributed by atoms with Crippen LogP contribution < -0.4 is 10.6 Å². The quantitative estimate of drug-likeness (QED) is 0.615. The average molecular weight is 282 g/mol. The lowest BCUT2D eigenvalue weighted by Crippen LogP contribution is -2.36. The summed E-state index contributed by atoms with van der Waals surface area (Å²) in [5.41, 5.74) is 0.975. The van der Waals surface area contributed by atoms with Crippen molar-refractivity contribution in [2.45, 2.75) is 20.3 Å². The molecule has 1 aromatic carbocycles. The molecule has 0 saturated carbocycles. The third-order valence-corrected chi connectivity index (χ3v) is 2.60. The van der Waals surface area contributed by atoms with E-state index in [0.717, 1.165) is 0 Å². The van der Waals surface area contributed by atoms with Gasteiger partial charge in [-0.25, -0.2) is 4.39 Å². The van der Waals surface area contributed by atoms with E-state index < -0.39 is 11.8 Å². The Hall–Kier alpha value is -1.95. The molecule has 0 heterocycles. The molecule has 1 aromatic rings. The third kappa shape index (κ3) is 5.36. The van der Waals surface area contributed by atoms with Crippen LogP contribution in [0.15, 0.2) is 18.2 Å². The number of aryl methyl sites for hydroxylation is 1. The van der Waals surface area contributed by atoms with E-state index in [9.17, 15) is 14.0 Å². The second-order valence-electron chi connectivity index (χ2n) is 4.22. The largest absolute Gasteiger partial charge is 0.382 e. The molecular weight excluding hydrogens is 263 g/mol. The number of anilines is 1. The van der Waals surface area contributed by atoms with E-state index in [1.807, 2.05) is 6.92 Å². The summed E-state index contributed by atoms with van der Waals surface area (Å²) in [5, 5.41) is 4.93. The molecule has 0 aliphatic carbocycles. The second kappa shape index (κ2) is 8.27. The maximum absolute atomic E-state index is 12.9. The van der Waals surface area contributed by atoms with Gasteiger partial charge in [0.1, 0.15) is 5.82 Å². The zero-order chi connectivity index (χ0) is 15.0. The summed E-state index contributed by atoms with van der Waals surface area (Å²) >= 11 is 0. The molecule has 0 aliphatic rings. The molecule has 0 saturated heterocycles. The fourth-order valence-electron chi connectivity index (χ4n) is 1.55. The SMILES string of the molecule is CCOCCCNC(=O)C(=O)Nc1ccc(F)cc1C. The number of ether oxygens (including phenoxy) is 1. The zero-order valence-corrected chi connectivity index (χ0v) is 11.7. The molecule has 6 heteroatoms. The molecule has 0 radical (unpaired) electrons. The molecule has 0 spiro atoms. The Balaban J connectivity index is 2.39. The molecule has 2 N–H and O–H groups in total. The normalized spacial score (nSPS) is 10.2. The first kappa shape index (κ1) is 16.1. The summed E-state index contributed by atoms with van der Waals surface area (Å²) in [6.45, 7) is 5.07. The molecule has 0 aliphatic heterocycles. The number of amides is 2. The summed E-state index contributed by atoms with van der Waals surface area (Å²) in [7, 11) is 0. The number of benzene rings is 1. The van der Waals surface area contributed by atoms with Crippen molar-refractivity contribution in [1.82, 2.24) is 5.32 Å². The second-order valence-corrected chi connectivity index (χ2v) is 4.22. The highest BCUT2D eigenvalue weighted by Crippen LogP contribution is 2.15. The van der Waals surface area contributed by atoms with Crippen molar-refractivity contribution in [3.63, 3.8) is 0 Å². The topological polar surface area (TPSA) is 67.4 Å². The lowest BCUT2D eigenvalue weighted by atomic mass is 10.2. The van der Waals surface area contributed by atoms with Crippen molar-refractivity contribution in [2.75, 3.05) is 25.1 Å². The maximum atomic E-state index is 12.9. The Kier molecular flexibility index (Phi) is 6.66. The van der Waals surface area contributed by atoms with E-state index in [1.165, 1.54) is 18.2 Å². The van der Waals surface area contributed by atoms with Gasteiger partial charge in [-0.2, -0.15) is 0 Å². The van der Waals surface area contributed by atoms with Crippen molar-refractivity contribution in [3.05, 3.63) is 29.6 Å². The van der Waals surface area contributed by atoms with Gasteiger partial charge in [0.05, 0.1) is 0 Å². The van der Waals surface area contributed by atoms with Gasteiger partial charge in [-0.1, -0.05) is 0 Å². The van der Waals surface area contributed by atoms with Gasteiger partial charge < -0.3 is 15.4 Å². The van der Waals surface area contributed by atoms with Gasteiger partial charge >= 0.3 is 11.8 Å². The van der Waals surface area contributed by atoms with Crippen LogP contribution in [0.25, 0.3) is 0 Å². The summed E-state index contributed by atoms with van der Waals surface area (Å²) < 4.78 is 18.0. The Morgan fingerprint density at radius 3 is 2.70 bits per heavy atom. The Morgan fingerprint density at radius 2 is 2.05 bits per heavy atom. The smallest absolute Gasteiger partial charge is 0.313 e. The van der Waals surface area contributed by atoms with Crippen LogP contribution in [0, 0.1) is 12.7 Å². The molecule has 1 rings (SSSR count). The first-order valence-electron chi connectivity index (χ1n) is 6.47. The summed E-state index contributed by atoms with van der Waals surface area (Å²) in [6, 6.07) is 3.93. The highest BCUT2D eigenvalue weighted by atomic mass is 19.1. The van der Waals surface area contributed by atoms with Crippen LogP contribution >= 0.6 is 0 Å². The number of hydrogen-bond acceptors (Lipinski definition) is 3. The minimum Gasteiger partial charge on any atom is -0.382 e. The monoisotopic (exact) mass is 282 g/mol. The van der Waals surface area contributed by atoms with Crippen LogP contribution in [0.5, 0.6) is 0 Å². The van der Waals surface area contributed by atoms with Crippen LogP contribution in [0.3, 0.4) is 0 Å². The van der Waals surface area contributed by atoms with Gasteiger partial charge in [0.25, 0.3) is 0 Å². The molecule has 0 aromatic heterocycles. The zero-order valence-electron chi connectivity index (χ0n) is 11.7. The lowest BCUT2D eigenvalue weighted by molar-refractivity contribution is -0.136. The number of carbonyl (C=O) groups is 2. The van der Waals surface area contributed by atoms with E-state index >= 15 is 0 Å². The molecule has 20 heavy (non-hydrogen) atoms. The van der Waals surface area contributed by atoms with Gasteiger partial charge in [-0.3, -0.25) is 9.59 Å². The first-order valence-corrected chi connectivity index (χ1v) is 6.47. The number of carbonyl (C=O) groups excluding carboxylic acids is 2. The Labute approximate surface area is 117 Å². The lowest BCUT2D eigenvalue weighted by Gasteiger charge is -2.08. The fraction of sp³-hybridized carbons (Fsp3) is 0.429. The average Bonchev–Trinajstić information content (AvgIpc) is 2.41. The molecule has 2 amide bonds. The molecule has 5 nitrogen and oxygen atoms in total. The van der Waals surface area contributed by atoms with Crippen molar-refractivity contribution in [2.24, 2.45) is 0 Å². The minimum atomic E-state index is -0.767. The molecule has 110 valence electrons. The number of halogens is 1. The molecular formula is C14H19FN2O3.